The number of aromatic amines is 1. The van der Waals surface area contributed by atoms with Crippen LogP contribution in [0.1, 0.15) is 36.0 Å². The normalized spacial score (nSPS) is 17.0. The Morgan fingerprint density at radius 1 is 1.17 bits per heavy atom. The van der Waals surface area contributed by atoms with Crippen LogP contribution in [-0.2, 0) is 13.0 Å². The number of ether oxygens (including phenoxy) is 1. The minimum absolute atomic E-state index is 0.853. The number of likely N-dealkylation sites (tertiary alicyclic amines) is 1. The Hall–Kier alpha value is -2.31. The van der Waals surface area contributed by atoms with Gasteiger partial charge in [0, 0.05) is 35.7 Å². The van der Waals surface area contributed by atoms with Gasteiger partial charge >= 0.3 is 0 Å². The summed E-state index contributed by atoms with van der Waals surface area (Å²) < 4.78 is 6.62. The molecule has 0 unspecified atom stereocenters. The molecule has 2 N–H and O–H groups in total. The molecule has 5 nitrogen and oxygen atoms in total. The van der Waals surface area contributed by atoms with E-state index in [1.54, 1.807) is 7.11 Å². The first kappa shape index (κ1) is 18.7. The van der Waals surface area contributed by atoms with Crippen LogP contribution in [0.3, 0.4) is 0 Å². The number of methoxy groups -OCH3 is 1. The Kier molecular flexibility index (Phi) is 5.06. The van der Waals surface area contributed by atoms with Gasteiger partial charge in [-0.05, 0) is 65.1 Å². The summed E-state index contributed by atoms with van der Waals surface area (Å²) in [6.07, 6.45) is 8.80. The monoisotopic (exact) mass is 452 g/mol. The van der Waals surface area contributed by atoms with Gasteiger partial charge in [-0.1, -0.05) is 18.6 Å². The molecule has 4 heterocycles. The summed E-state index contributed by atoms with van der Waals surface area (Å²) in [7, 11) is 1.77. The Morgan fingerprint density at radius 3 is 2.86 bits per heavy atom. The van der Waals surface area contributed by atoms with E-state index in [4.69, 9.17) is 4.74 Å². The number of nitrogens with zero attached hydrogens (tertiary/aromatic N) is 2. The maximum absolute atomic E-state index is 5.76. The number of hydrogen-bond acceptors (Lipinski definition) is 4. The predicted octanol–water partition coefficient (Wildman–Crippen LogP) is 5.33. The second kappa shape index (κ2) is 7.84. The topological polar surface area (TPSA) is 53.2 Å². The molecule has 3 aromatic rings. The van der Waals surface area contributed by atoms with E-state index in [2.05, 4.69) is 66.6 Å². The van der Waals surface area contributed by atoms with Crippen LogP contribution in [0.2, 0.25) is 0 Å². The summed E-state index contributed by atoms with van der Waals surface area (Å²) in [5.41, 5.74) is 6.05. The van der Waals surface area contributed by atoms with Crippen LogP contribution >= 0.6 is 15.9 Å². The van der Waals surface area contributed by atoms with Crippen LogP contribution in [0.5, 0.6) is 5.75 Å². The molecule has 150 valence electrons. The van der Waals surface area contributed by atoms with Crippen molar-refractivity contribution in [2.45, 2.75) is 32.2 Å². The van der Waals surface area contributed by atoms with Crippen molar-refractivity contribution in [2.24, 2.45) is 0 Å². The maximum Gasteiger partial charge on any atom is 0.123 e. The standard InChI is InChI=1S/C23H25BrN4O/c1-29-21-10-15(5-6-16(21)14-28-7-3-2-4-8-28)17-9-19-18-11-22(24)25-13-20(18)27-23(19)26-12-17/h5-6,10-13,26-27H,2-4,7-9,14H2,1H3. The van der Waals surface area contributed by atoms with Gasteiger partial charge in [0.05, 0.1) is 18.8 Å². The zero-order valence-corrected chi connectivity index (χ0v) is 18.2. The van der Waals surface area contributed by atoms with Crippen molar-refractivity contribution in [1.29, 1.82) is 0 Å². The minimum Gasteiger partial charge on any atom is -0.496 e. The van der Waals surface area contributed by atoms with E-state index in [1.807, 2.05) is 6.20 Å². The van der Waals surface area contributed by atoms with Crippen molar-refractivity contribution in [3.8, 4) is 5.75 Å². The van der Waals surface area contributed by atoms with Crippen molar-refractivity contribution >= 4 is 38.2 Å². The first-order valence-corrected chi connectivity index (χ1v) is 11.0. The second-order valence-electron chi connectivity index (χ2n) is 7.89. The molecule has 2 aromatic heterocycles. The molecular weight excluding hydrogens is 428 g/mol. The highest BCUT2D eigenvalue weighted by Gasteiger charge is 2.20. The van der Waals surface area contributed by atoms with E-state index in [0.29, 0.717) is 0 Å². The van der Waals surface area contributed by atoms with E-state index in [1.165, 1.54) is 60.0 Å². The summed E-state index contributed by atoms with van der Waals surface area (Å²) in [6.45, 7) is 3.34. The number of H-pyrrole nitrogens is 1. The van der Waals surface area contributed by atoms with E-state index >= 15 is 0 Å². The average Bonchev–Trinajstić information content (AvgIpc) is 3.12. The number of aromatic nitrogens is 2. The summed E-state index contributed by atoms with van der Waals surface area (Å²) >= 11 is 3.49. The number of rotatable bonds is 4. The molecule has 29 heavy (non-hydrogen) atoms. The van der Waals surface area contributed by atoms with Crippen molar-refractivity contribution < 1.29 is 4.74 Å². The molecule has 1 saturated heterocycles. The number of piperidine rings is 1. The second-order valence-corrected chi connectivity index (χ2v) is 8.70. The smallest absolute Gasteiger partial charge is 0.123 e. The molecule has 6 heteroatoms. The molecule has 0 bridgehead atoms. The summed E-state index contributed by atoms with van der Waals surface area (Å²) in [6, 6.07) is 8.73. The summed E-state index contributed by atoms with van der Waals surface area (Å²) in [5.74, 6) is 2.03. The number of hydrogen-bond donors (Lipinski definition) is 2. The van der Waals surface area contributed by atoms with Gasteiger partial charge in [-0.25, -0.2) is 4.98 Å². The molecule has 1 fully saturated rings. The quantitative estimate of drug-likeness (QED) is 0.525. The number of nitrogens with one attached hydrogen (secondary N) is 2. The lowest BCUT2D eigenvalue weighted by atomic mass is 9.95. The van der Waals surface area contributed by atoms with E-state index in [-0.39, 0.29) is 0 Å². The number of halogens is 1. The third kappa shape index (κ3) is 3.67. The molecule has 0 amide bonds. The fourth-order valence-corrected chi connectivity index (χ4v) is 4.78. The fourth-order valence-electron chi connectivity index (χ4n) is 4.45. The molecule has 2 aliphatic rings. The van der Waals surface area contributed by atoms with Crippen molar-refractivity contribution in [3.63, 3.8) is 0 Å². The van der Waals surface area contributed by atoms with Gasteiger partial charge in [0.15, 0.2) is 0 Å². The molecule has 5 rings (SSSR count). The zero-order chi connectivity index (χ0) is 19.8. The lowest BCUT2D eigenvalue weighted by Crippen LogP contribution is -2.29. The Labute approximate surface area is 179 Å². The number of pyridine rings is 1. The SMILES string of the molecule is COc1cc(C2=CNc3[nH]c4cnc(Br)cc4c3C2)ccc1CN1CCCCC1. The van der Waals surface area contributed by atoms with Crippen LogP contribution in [0, 0.1) is 0 Å². The number of allylic oxidation sites excluding steroid dienone is 1. The number of benzene rings is 1. The summed E-state index contributed by atoms with van der Waals surface area (Å²) in [5, 5.41) is 4.63. The first-order chi connectivity index (χ1) is 14.2. The van der Waals surface area contributed by atoms with Crippen molar-refractivity contribution in [1.82, 2.24) is 14.9 Å². The molecule has 0 aliphatic carbocycles. The number of anilines is 1. The molecule has 2 aliphatic heterocycles. The Morgan fingerprint density at radius 2 is 2.03 bits per heavy atom. The van der Waals surface area contributed by atoms with Gasteiger partial charge in [0.2, 0.25) is 0 Å². The van der Waals surface area contributed by atoms with Gasteiger partial charge in [-0.15, -0.1) is 0 Å². The molecule has 1 aromatic carbocycles. The van der Waals surface area contributed by atoms with E-state index in [0.717, 1.165) is 34.7 Å². The third-order valence-corrected chi connectivity index (χ3v) is 6.45. The highest BCUT2D eigenvalue weighted by Crippen LogP contribution is 2.36. The highest BCUT2D eigenvalue weighted by atomic mass is 79.9. The average molecular weight is 453 g/mol. The van der Waals surface area contributed by atoms with Gasteiger partial charge in [0.1, 0.15) is 16.2 Å². The minimum atomic E-state index is 0.853. The molecule has 0 spiro atoms. The van der Waals surface area contributed by atoms with Gasteiger partial charge in [0.25, 0.3) is 0 Å². The number of fused-ring (bicyclic) bond motifs is 3. The maximum atomic E-state index is 5.76. The Balaban J connectivity index is 1.41. The van der Waals surface area contributed by atoms with Crippen molar-refractivity contribution in [2.75, 3.05) is 25.5 Å². The molecule has 0 radical (unpaired) electrons. The van der Waals surface area contributed by atoms with Crippen LogP contribution < -0.4 is 10.1 Å². The van der Waals surface area contributed by atoms with E-state index < -0.39 is 0 Å². The Bertz CT molecular complexity index is 1080. The van der Waals surface area contributed by atoms with Gasteiger partial charge in [-0.3, -0.25) is 4.90 Å². The lowest BCUT2D eigenvalue weighted by molar-refractivity contribution is 0.218. The molecule has 0 saturated carbocycles. The van der Waals surface area contributed by atoms with Crippen LogP contribution in [0.4, 0.5) is 5.82 Å². The molecular formula is C23H25BrN4O. The van der Waals surface area contributed by atoms with Crippen molar-refractivity contribution in [3.05, 3.63) is 58.0 Å². The predicted molar refractivity (Wildman–Crippen MR) is 121 cm³/mol. The van der Waals surface area contributed by atoms with Gasteiger partial charge in [-0.2, -0.15) is 0 Å². The van der Waals surface area contributed by atoms with Crippen LogP contribution in [0.25, 0.3) is 16.5 Å². The van der Waals surface area contributed by atoms with Crippen LogP contribution in [0.15, 0.2) is 41.3 Å². The van der Waals surface area contributed by atoms with Crippen LogP contribution in [-0.4, -0.2) is 35.1 Å². The lowest BCUT2D eigenvalue weighted by Gasteiger charge is -2.27. The third-order valence-electron chi connectivity index (χ3n) is 6.02. The largest absolute Gasteiger partial charge is 0.496 e. The molecule has 0 atom stereocenters. The van der Waals surface area contributed by atoms with Gasteiger partial charge < -0.3 is 15.0 Å². The fraction of sp³-hybridized carbons (Fsp3) is 0.348. The first-order valence-electron chi connectivity index (χ1n) is 10.2. The zero-order valence-electron chi connectivity index (χ0n) is 16.6. The van der Waals surface area contributed by atoms with E-state index in [9.17, 15) is 0 Å². The highest BCUT2D eigenvalue weighted by molar-refractivity contribution is 9.10. The summed E-state index contributed by atoms with van der Waals surface area (Å²) in [4.78, 5) is 10.3.